The lowest BCUT2D eigenvalue weighted by atomic mass is 10.1. The van der Waals surface area contributed by atoms with Crippen LogP contribution in [0.25, 0.3) is 0 Å². The Kier molecular flexibility index (Phi) is 4.23. The second kappa shape index (κ2) is 5.89. The van der Waals surface area contributed by atoms with Crippen LogP contribution in [-0.4, -0.2) is 16.0 Å². The minimum absolute atomic E-state index is 0.165. The molecule has 1 unspecified atom stereocenters. The lowest BCUT2D eigenvalue weighted by molar-refractivity contribution is 0.599. The molecule has 0 aliphatic rings. The van der Waals surface area contributed by atoms with E-state index < -0.39 is 0 Å². The van der Waals surface area contributed by atoms with Gasteiger partial charge in [-0.3, -0.25) is 4.98 Å². The maximum atomic E-state index is 6.10. The maximum Gasteiger partial charge on any atom is 0.0897 e. The molecule has 90 valence electrons. The van der Waals surface area contributed by atoms with E-state index in [1.807, 2.05) is 31.3 Å². The van der Waals surface area contributed by atoms with Gasteiger partial charge in [0.25, 0.3) is 0 Å². The number of thiazole rings is 1. The number of nitrogens with zero attached hydrogens (tertiary/aromatic N) is 2. The Balaban J connectivity index is 1.80. The first-order valence-electron chi connectivity index (χ1n) is 5.80. The van der Waals surface area contributed by atoms with Crippen LogP contribution >= 0.6 is 11.3 Å². The number of nitrogens with two attached hydrogens (primary N) is 1. The molecule has 2 aromatic heterocycles. The van der Waals surface area contributed by atoms with E-state index in [1.54, 1.807) is 11.3 Å². The van der Waals surface area contributed by atoms with E-state index in [9.17, 15) is 0 Å². The number of hydrogen-bond donors (Lipinski definition) is 1. The summed E-state index contributed by atoms with van der Waals surface area (Å²) in [6.07, 6.45) is 4.57. The Morgan fingerprint density at radius 2 is 2.24 bits per heavy atom. The molecular weight excluding hydrogens is 230 g/mol. The summed E-state index contributed by atoms with van der Waals surface area (Å²) in [6.45, 7) is 2.02. The van der Waals surface area contributed by atoms with Gasteiger partial charge in [0.2, 0.25) is 0 Å². The first-order valence-corrected chi connectivity index (χ1v) is 6.68. The fourth-order valence-electron chi connectivity index (χ4n) is 1.75. The molecule has 2 aromatic rings. The van der Waals surface area contributed by atoms with Gasteiger partial charge in [0.05, 0.1) is 10.7 Å². The third kappa shape index (κ3) is 3.91. The Hall–Kier alpha value is -1.26. The SMILES string of the molecule is Cc1nc(CC(N)CCc2ccccn2)cs1. The monoisotopic (exact) mass is 247 g/mol. The van der Waals surface area contributed by atoms with Gasteiger partial charge in [-0.15, -0.1) is 11.3 Å². The van der Waals surface area contributed by atoms with Crippen LogP contribution in [0.3, 0.4) is 0 Å². The third-order valence-electron chi connectivity index (χ3n) is 2.64. The highest BCUT2D eigenvalue weighted by atomic mass is 32.1. The van der Waals surface area contributed by atoms with Crippen molar-refractivity contribution in [3.8, 4) is 0 Å². The predicted molar refractivity (Wildman–Crippen MR) is 71.1 cm³/mol. The van der Waals surface area contributed by atoms with E-state index in [1.165, 1.54) is 0 Å². The van der Waals surface area contributed by atoms with Gasteiger partial charge in [-0.25, -0.2) is 4.98 Å². The highest BCUT2D eigenvalue weighted by Crippen LogP contribution is 2.11. The smallest absolute Gasteiger partial charge is 0.0897 e. The zero-order valence-corrected chi connectivity index (χ0v) is 10.8. The van der Waals surface area contributed by atoms with E-state index in [2.05, 4.69) is 15.3 Å². The van der Waals surface area contributed by atoms with Crippen molar-refractivity contribution in [1.29, 1.82) is 0 Å². The molecule has 0 aliphatic heterocycles. The molecule has 0 spiro atoms. The average Bonchev–Trinajstić information content (AvgIpc) is 2.73. The molecule has 0 saturated carbocycles. The predicted octanol–water partition coefficient (Wildman–Crippen LogP) is 2.35. The number of aromatic nitrogens is 2. The van der Waals surface area contributed by atoms with Crippen LogP contribution < -0.4 is 5.73 Å². The summed E-state index contributed by atoms with van der Waals surface area (Å²) < 4.78 is 0. The summed E-state index contributed by atoms with van der Waals surface area (Å²) in [4.78, 5) is 8.72. The van der Waals surface area contributed by atoms with Crippen LogP contribution in [-0.2, 0) is 12.8 Å². The number of hydrogen-bond acceptors (Lipinski definition) is 4. The van der Waals surface area contributed by atoms with Gasteiger partial charge in [0, 0.05) is 29.7 Å². The summed E-state index contributed by atoms with van der Waals surface area (Å²) in [5, 5.41) is 3.20. The van der Waals surface area contributed by atoms with E-state index in [0.29, 0.717) is 0 Å². The van der Waals surface area contributed by atoms with Crippen molar-refractivity contribution in [1.82, 2.24) is 9.97 Å². The molecule has 4 heteroatoms. The molecule has 2 heterocycles. The molecule has 0 fully saturated rings. The van der Waals surface area contributed by atoms with Crippen molar-refractivity contribution >= 4 is 11.3 Å². The minimum atomic E-state index is 0.165. The largest absolute Gasteiger partial charge is 0.327 e. The molecule has 2 N–H and O–H groups in total. The topological polar surface area (TPSA) is 51.8 Å². The molecule has 0 aromatic carbocycles. The highest BCUT2D eigenvalue weighted by molar-refractivity contribution is 7.09. The van der Waals surface area contributed by atoms with Gasteiger partial charge >= 0.3 is 0 Å². The van der Waals surface area contributed by atoms with Crippen molar-refractivity contribution in [2.75, 3.05) is 0 Å². The molecule has 0 radical (unpaired) electrons. The summed E-state index contributed by atoms with van der Waals surface area (Å²) >= 11 is 1.68. The van der Waals surface area contributed by atoms with Crippen LogP contribution in [0.1, 0.15) is 22.8 Å². The zero-order chi connectivity index (χ0) is 12.1. The van der Waals surface area contributed by atoms with Gasteiger partial charge in [-0.1, -0.05) is 6.07 Å². The molecule has 1 atom stereocenters. The van der Waals surface area contributed by atoms with Gasteiger partial charge in [-0.2, -0.15) is 0 Å². The Labute approximate surface area is 106 Å². The van der Waals surface area contributed by atoms with Gasteiger partial charge in [-0.05, 0) is 31.9 Å². The van der Waals surface area contributed by atoms with E-state index >= 15 is 0 Å². The summed E-state index contributed by atoms with van der Waals surface area (Å²) in [5.41, 5.74) is 8.32. The number of aryl methyl sites for hydroxylation is 2. The molecule has 0 bridgehead atoms. The van der Waals surface area contributed by atoms with Crippen molar-refractivity contribution in [3.05, 3.63) is 46.2 Å². The fourth-order valence-corrected chi connectivity index (χ4v) is 2.38. The number of pyridine rings is 1. The Morgan fingerprint density at radius 1 is 1.35 bits per heavy atom. The number of rotatable bonds is 5. The van der Waals surface area contributed by atoms with Crippen LogP contribution in [0.4, 0.5) is 0 Å². The van der Waals surface area contributed by atoms with Gasteiger partial charge in [0.15, 0.2) is 0 Å². The lowest BCUT2D eigenvalue weighted by Gasteiger charge is -2.09. The normalized spacial score (nSPS) is 12.6. The van der Waals surface area contributed by atoms with Crippen LogP contribution in [0.15, 0.2) is 29.8 Å². The average molecular weight is 247 g/mol. The van der Waals surface area contributed by atoms with E-state index in [4.69, 9.17) is 5.73 Å². The van der Waals surface area contributed by atoms with Crippen molar-refractivity contribution < 1.29 is 0 Å². The highest BCUT2D eigenvalue weighted by Gasteiger charge is 2.07. The summed E-state index contributed by atoms with van der Waals surface area (Å²) in [5.74, 6) is 0. The van der Waals surface area contributed by atoms with E-state index in [0.717, 1.165) is 35.7 Å². The van der Waals surface area contributed by atoms with Crippen molar-refractivity contribution in [2.45, 2.75) is 32.2 Å². The molecule has 0 saturated heterocycles. The van der Waals surface area contributed by atoms with Crippen molar-refractivity contribution in [3.63, 3.8) is 0 Å². The van der Waals surface area contributed by atoms with Gasteiger partial charge < -0.3 is 5.73 Å². The zero-order valence-electron chi connectivity index (χ0n) is 9.97. The third-order valence-corrected chi connectivity index (χ3v) is 3.46. The first kappa shape index (κ1) is 12.2. The van der Waals surface area contributed by atoms with Crippen LogP contribution in [0, 0.1) is 6.92 Å². The van der Waals surface area contributed by atoms with Crippen LogP contribution in [0.5, 0.6) is 0 Å². The van der Waals surface area contributed by atoms with Gasteiger partial charge in [0.1, 0.15) is 0 Å². The summed E-state index contributed by atoms with van der Waals surface area (Å²) in [6, 6.07) is 6.15. The van der Waals surface area contributed by atoms with Crippen molar-refractivity contribution in [2.24, 2.45) is 5.73 Å². The van der Waals surface area contributed by atoms with Crippen LogP contribution in [0.2, 0.25) is 0 Å². The lowest BCUT2D eigenvalue weighted by Crippen LogP contribution is -2.23. The molecule has 0 aliphatic carbocycles. The standard InChI is InChI=1S/C13H17N3S/c1-10-16-13(9-17-10)8-11(14)5-6-12-4-2-3-7-15-12/h2-4,7,9,11H,5-6,8,14H2,1H3. The molecular formula is C13H17N3S. The molecule has 17 heavy (non-hydrogen) atoms. The first-order chi connectivity index (χ1) is 8.24. The summed E-state index contributed by atoms with van der Waals surface area (Å²) in [7, 11) is 0. The Bertz CT molecular complexity index is 453. The second-order valence-electron chi connectivity index (χ2n) is 4.18. The van der Waals surface area contributed by atoms with E-state index in [-0.39, 0.29) is 6.04 Å². The fraction of sp³-hybridized carbons (Fsp3) is 0.385. The quantitative estimate of drug-likeness (QED) is 0.882. The minimum Gasteiger partial charge on any atom is -0.327 e. The molecule has 3 nitrogen and oxygen atoms in total. The Morgan fingerprint density at radius 3 is 2.88 bits per heavy atom. The maximum absolute atomic E-state index is 6.10. The molecule has 2 rings (SSSR count). The second-order valence-corrected chi connectivity index (χ2v) is 5.24. The molecule has 0 amide bonds.